The number of ether oxygens (including phenoxy) is 1. The van der Waals surface area contributed by atoms with Crippen molar-refractivity contribution in [2.45, 2.75) is 13.0 Å². The Morgan fingerprint density at radius 2 is 1.81 bits per heavy atom. The third kappa shape index (κ3) is 2.97. The second-order valence-corrected chi connectivity index (χ2v) is 4.39. The van der Waals surface area contributed by atoms with E-state index in [0.717, 1.165) is 12.1 Å². The number of nitrogens with two attached hydrogens (primary N) is 1. The molecule has 2 rings (SSSR count). The second-order valence-electron chi connectivity index (χ2n) is 4.39. The molecule has 0 saturated carbocycles. The van der Waals surface area contributed by atoms with Crippen LogP contribution in [0.1, 0.15) is 18.5 Å². The van der Waals surface area contributed by atoms with Crippen LogP contribution in [0, 0.1) is 21.7 Å². The fourth-order valence-electron chi connectivity index (χ4n) is 1.90. The van der Waals surface area contributed by atoms with Gasteiger partial charge < -0.3 is 10.5 Å². The monoisotopic (exact) mass is 294 g/mol. The molecular formula is C14H12F2N2O3. The summed E-state index contributed by atoms with van der Waals surface area (Å²) in [6.07, 6.45) is 0. The summed E-state index contributed by atoms with van der Waals surface area (Å²) in [4.78, 5) is 10.1. The Balaban J connectivity index is 2.54. The third-order valence-electron chi connectivity index (χ3n) is 2.82. The van der Waals surface area contributed by atoms with E-state index in [1.54, 1.807) is 0 Å². The highest BCUT2D eigenvalue weighted by molar-refractivity contribution is 5.50. The molecule has 110 valence electrons. The minimum atomic E-state index is -0.913. The minimum Gasteiger partial charge on any atom is -0.447 e. The number of para-hydroxylation sites is 1. The smallest absolute Gasteiger partial charge is 0.314 e. The number of benzene rings is 2. The normalized spacial score (nSPS) is 12.0. The molecule has 2 aromatic carbocycles. The van der Waals surface area contributed by atoms with Gasteiger partial charge in [-0.25, -0.2) is 8.78 Å². The van der Waals surface area contributed by atoms with Crippen molar-refractivity contribution >= 4 is 5.69 Å². The van der Waals surface area contributed by atoms with Crippen molar-refractivity contribution in [1.82, 2.24) is 0 Å². The fraction of sp³-hybridized carbons (Fsp3) is 0.143. The average Bonchev–Trinajstić information content (AvgIpc) is 2.40. The number of rotatable bonds is 4. The topological polar surface area (TPSA) is 78.4 Å². The van der Waals surface area contributed by atoms with Crippen LogP contribution in [-0.4, -0.2) is 4.92 Å². The highest BCUT2D eigenvalue weighted by atomic mass is 19.1. The molecule has 2 aromatic rings. The lowest BCUT2D eigenvalue weighted by atomic mass is 10.1. The molecule has 0 aromatic heterocycles. The van der Waals surface area contributed by atoms with Crippen molar-refractivity contribution < 1.29 is 18.4 Å². The van der Waals surface area contributed by atoms with Crippen molar-refractivity contribution in [2.75, 3.05) is 0 Å². The molecule has 0 radical (unpaired) electrons. The first-order valence-corrected chi connectivity index (χ1v) is 6.06. The van der Waals surface area contributed by atoms with Gasteiger partial charge in [-0.15, -0.1) is 0 Å². The Bertz CT molecular complexity index is 690. The lowest BCUT2D eigenvalue weighted by Gasteiger charge is -2.14. The van der Waals surface area contributed by atoms with E-state index in [1.807, 2.05) is 0 Å². The van der Waals surface area contributed by atoms with Crippen molar-refractivity contribution in [3.05, 3.63) is 63.7 Å². The molecule has 0 fully saturated rings. The second kappa shape index (κ2) is 5.84. The predicted octanol–water partition coefficient (Wildman–Crippen LogP) is 3.69. The van der Waals surface area contributed by atoms with Crippen molar-refractivity contribution in [3.63, 3.8) is 0 Å². The summed E-state index contributed by atoms with van der Waals surface area (Å²) in [5, 5.41) is 10.9. The van der Waals surface area contributed by atoms with E-state index in [9.17, 15) is 18.9 Å². The van der Waals surface area contributed by atoms with Gasteiger partial charge in [0.25, 0.3) is 0 Å². The van der Waals surface area contributed by atoms with Gasteiger partial charge in [-0.05, 0) is 25.1 Å². The lowest BCUT2D eigenvalue weighted by Crippen LogP contribution is -2.09. The van der Waals surface area contributed by atoms with Gasteiger partial charge >= 0.3 is 5.69 Å². The van der Waals surface area contributed by atoms with E-state index < -0.39 is 34.0 Å². The summed E-state index contributed by atoms with van der Waals surface area (Å²) in [7, 11) is 0. The van der Waals surface area contributed by atoms with E-state index in [2.05, 4.69) is 0 Å². The fourth-order valence-corrected chi connectivity index (χ4v) is 1.90. The molecule has 0 saturated heterocycles. The molecule has 0 heterocycles. The molecule has 0 aliphatic heterocycles. The van der Waals surface area contributed by atoms with Gasteiger partial charge in [0.05, 0.1) is 4.92 Å². The number of nitro groups is 1. The maximum atomic E-state index is 13.8. The number of nitro benzene ring substituents is 1. The number of hydrogen-bond acceptors (Lipinski definition) is 4. The quantitative estimate of drug-likeness (QED) is 0.689. The van der Waals surface area contributed by atoms with E-state index >= 15 is 0 Å². The van der Waals surface area contributed by atoms with E-state index in [4.69, 9.17) is 10.5 Å². The molecule has 0 spiro atoms. The van der Waals surface area contributed by atoms with Gasteiger partial charge in [0.2, 0.25) is 5.75 Å². The van der Waals surface area contributed by atoms with Gasteiger partial charge in [0, 0.05) is 17.7 Å². The van der Waals surface area contributed by atoms with Gasteiger partial charge in [-0.3, -0.25) is 10.1 Å². The molecule has 0 bridgehead atoms. The van der Waals surface area contributed by atoms with Gasteiger partial charge in [-0.1, -0.05) is 12.1 Å². The molecule has 0 aliphatic carbocycles. The first-order valence-electron chi connectivity index (χ1n) is 6.06. The summed E-state index contributed by atoms with van der Waals surface area (Å²) >= 11 is 0. The Morgan fingerprint density at radius 3 is 2.43 bits per heavy atom. The third-order valence-corrected chi connectivity index (χ3v) is 2.82. The summed E-state index contributed by atoms with van der Waals surface area (Å²) in [6, 6.07) is 6.50. The number of nitrogens with zero attached hydrogens (tertiary/aromatic N) is 1. The summed E-state index contributed by atoms with van der Waals surface area (Å²) < 4.78 is 32.8. The lowest BCUT2D eigenvalue weighted by molar-refractivity contribution is -0.385. The molecule has 0 unspecified atom stereocenters. The van der Waals surface area contributed by atoms with Crippen LogP contribution in [0.3, 0.4) is 0 Å². The molecule has 21 heavy (non-hydrogen) atoms. The maximum absolute atomic E-state index is 13.8. The zero-order chi connectivity index (χ0) is 15.6. The largest absolute Gasteiger partial charge is 0.447 e. The molecule has 1 atom stereocenters. The van der Waals surface area contributed by atoms with Gasteiger partial charge in [0.15, 0.2) is 5.82 Å². The number of halogens is 2. The van der Waals surface area contributed by atoms with E-state index in [1.165, 1.54) is 31.2 Å². The molecule has 0 amide bonds. The van der Waals surface area contributed by atoms with Gasteiger partial charge in [-0.2, -0.15) is 0 Å². The number of hydrogen-bond donors (Lipinski definition) is 1. The highest BCUT2D eigenvalue weighted by Crippen LogP contribution is 2.37. The van der Waals surface area contributed by atoms with Crippen LogP contribution >= 0.6 is 0 Å². The highest BCUT2D eigenvalue weighted by Gasteiger charge is 2.22. The van der Waals surface area contributed by atoms with E-state index in [0.29, 0.717) is 0 Å². The molecular weight excluding hydrogens is 282 g/mol. The Kier molecular flexibility index (Phi) is 4.13. The summed E-state index contributed by atoms with van der Waals surface area (Å²) in [5.74, 6) is -2.17. The first-order chi connectivity index (χ1) is 9.91. The van der Waals surface area contributed by atoms with Crippen LogP contribution < -0.4 is 10.5 Å². The van der Waals surface area contributed by atoms with Crippen LogP contribution in [0.4, 0.5) is 14.5 Å². The van der Waals surface area contributed by atoms with Crippen LogP contribution in [0.2, 0.25) is 0 Å². The minimum absolute atomic E-state index is 0.0232. The summed E-state index contributed by atoms with van der Waals surface area (Å²) in [5.41, 5.74) is 5.13. The van der Waals surface area contributed by atoms with Gasteiger partial charge in [0.1, 0.15) is 11.6 Å². The zero-order valence-electron chi connectivity index (χ0n) is 11.0. The van der Waals surface area contributed by atoms with Crippen LogP contribution in [0.15, 0.2) is 36.4 Å². The Labute approximate surface area is 119 Å². The standard InChI is InChI=1S/C14H12F2N2O3/c1-8(17)13-9(15)4-3-7-12(13)21-14-10(16)5-2-6-11(14)18(19)20/h2-8H,17H2,1H3/t8-/m1/s1. The van der Waals surface area contributed by atoms with Crippen molar-refractivity contribution in [3.8, 4) is 11.5 Å². The Hall–Kier alpha value is -2.54. The molecule has 2 N–H and O–H groups in total. The molecule has 0 aliphatic rings. The maximum Gasteiger partial charge on any atom is 0.314 e. The molecule has 5 nitrogen and oxygen atoms in total. The van der Waals surface area contributed by atoms with Crippen molar-refractivity contribution in [1.29, 1.82) is 0 Å². The molecule has 7 heteroatoms. The Morgan fingerprint density at radius 1 is 1.19 bits per heavy atom. The average molecular weight is 294 g/mol. The van der Waals surface area contributed by atoms with Crippen LogP contribution in [0.5, 0.6) is 11.5 Å². The van der Waals surface area contributed by atoms with Crippen molar-refractivity contribution in [2.24, 2.45) is 5.73 Å². The first kappa shape index (κ1) is 14.9. The van der Waals surface area contributed by atoms with E-state index in [-0.39, 0.29) is 11.3 Å². The predicted molar refractivity (Wildman–Crippen MR) is 72.1 cm³/mol. The van der Waals surface area contributed by atoms with Crippen LogP contribution in [-0.2, 0) is 0 Å². The summed E-state index contributed by atoms with van der Waals surface area (Å²) in [6.45, 7) is 1.53. The van der Waals surface area contributed by atoms with Crippen LogP contribution in [0.25, 0.3) is 0 Å². The zero-order valence-corrected chi connectivity index (χ0v) is 11.0. The SMILES string of the molecule is C[C@@H](N)c1c(F)cccc1Oc1c(F)cccc1[N+](=O)[O-].